The lowest BCUT2D eigenvalue weighted by molar-refractivity contribution is -0.140. The molecule has 0 aliphatic carbocycles. The van der Waals surface area contributed by atoms with Crippen molar-refractivity contribution in [3.05, 3.63) is 65.2 Å². The second kappa shape index (κ2) is 13.1. The van der Waals surface area contributed by atoms with E-state index >= 15 is 0 Å². The Morgan fingerprint density at radius 2 is 1.39 bits per heavy atom. The van der Waals surface area contributed by atoms with Crippen LogP contribution in [0.25, 0.3) is 5.76 Å². The molecule has 1 amide bonds. The molecule has 7 heteroatoms. The molecular formula is C29H38N2O5. The van der Waals surface area contributed by atoms with Crippen molar-refractivity contribution in [2.24, 2.45) is 0 Å². The molecule has 1 N–H and O–H groups in total. The van der Waals surface area contributed by atoms with Gasteiger partial charge in [-0.1, -0.05) is 39.8 Å². The molecule has 1 aliphatic rings. The summed E-state index contributed by atoms with van der Waals surface area (Å²) in [5.41, 5.74) is 1.32. The molecule has 0 spiro atoms. The number of aliphatic hydroxyl groups excluding tert-OH is 1. The van der Waals surface area contributed by atoms with Gasteiger partial charge >= 0.3 is 0 Å². The van der Waals surface area contributed by atoms with Crippen LogP contribution in [0.15, 0.2) is 54.1 Å². The van der Waals surface area contributed by atoms with Crippen molar-refractivity contribution >= 4 is 17.4 Å². The quantitative estimate of drug-likeness (QED) is 0.239. The zero-order valence-electron chi connectivity index (χ0n) is 21.8. The molecule has 1 unspecified atom stereocenters. The Labute approximate surface area is 214 Å². The van der Waals surface area contributed by atoms with Crippen molar-refractivity contribution in [3.8, 4) is 11.5 Å². The summed E-state index contributed by atoms with van der Waals surface area (Å²) >= 11 is 0. The molecule has 1 heterocycles. The highest BCUT2D eigenvalue weighted by Crippen LogP contribution is 2.40. The van der Waals surface area contributed by atoms with Gasteiger partial charge in [0.1, 0.15) is 17.3 Å². The van der Waals surface area contributed by atoms with Gasteiger partial charge in [0.25, 0.3) is 11.7 Å². The molecule has 1 aliphatic heterocycles. The van der Waals surface area contributed by atoms with E-state index in [9.17, 15) is 14.7 Å². The number of aliphatic hydroxyl groups is 1. The summed E-state index contributed by atoms with van der Waals surface area (Å²) in [6.07, 6.45) is 1.79. The number of hydrogen-bond donors (Lipinski definition) is 1. The average molecular weight is 495 g/mol. The summed E-state index contributed by atoms with van der Waals surface area (Å²) in [5, 5.41) is 11.3. The Morgan fingerprint density at radius 3 is 1.89 bits per heavy atom. The monoisotopic (exact) mass is 494 g/mol. The summed E-state index contributed by atoms with van der Waals surface area (Å²) in [6, 6.07) is 13.7. The molecule has 7 nitrogen and oxygen atoms in total. The standard InChI is InChI=1S/C29H38N2O5/c1-5-19-35-23-13-9-21(10-14-23)26-25(27(32)22-11-15-24(16-12-22)36-20-6-2)28(33)29(34)31(26)18-17-30(7-3)8-4/h9-16,26,32H,5-8,17-20H2,1-4H3/b27-25-. The number of Topliss-reactive ketones (excluding diaryl/α,β-unsaturated/α-hetero) is 1. The SMILES string of the molecule is CCCOc1ccc(/C(O)=C2/C(=O)C(=O)N(CCN(CC)CC)C2c2ccc(OCCC)cc2)cc1. The van der Waals surface area contributed by atoms with Crippen LogP contribution in [0.5, 0.6) is 11.5 Å². The maximum absolute atomic E-state index is 13.2. The summed E-state index contributed by atoms with van der Waals surface area (Å²) in [4.78, 5) is 30.2. The highest BCUT2D eigenvalue weighted by atomic mass is 16.5. The second-order valence-electron chi connectivity index (χ2n) is 8.81. The summed E-state index contributed by atoms with van der Waals surface area (Å²) in [5.74, 6) is -0.0368. The molecule has 36 heavy (non-hydrogen) atoms. The van der Waals surface area contributed by atoms with Gasteiger partial charge in [0.2, 0.25) is 0 Å². The number of likely N-dealkylation sites (N-methyl/N-ethyl adjacent to an activating group) is 1. The Balaban J connectivity index is 2.01. The highest BCUT2D eigenvalue weighted by molar-refractivity contribution is 6.46. The minimum Gasteiger partial charge on any atom is -0.507 e. The first-order valence-electron chi connectivity index (χ1n) is 12.9. The zero-order valence-corrected chi connectivity index (χ0v) is 21.8. The number of ketones is 1. The Kier molecular flexibility index (Phi) is 9.94. The van der Waals surface area contributed by atoms with Gasteiger partial charge in [-0.3, -0.25) is 9.59 Å². The van der Waals surface area contributed by atoms with Gasteiger partial charge in [0.15, 0.2) is 0 Å². The van der Waals surface area contributed by atoms with Gasteiger partial charge in [-0.2, -0.15) is 0 Å². The lowest BCUT2D eigenvalue weighted by Crippen LogP contribution is -2.38. The topological polar surface area (TPSA) is 79.3 Å². The van der Waals surface area contributed by atoms with Crippen molar-refractivity contribution < 1.29 is 24.2 Å². The summed E-state index contributed by atoms with van der Waals surface area (Å²) < 4.78 is 11.3. The van der Waals surface area contributed by atoms with Crippen LogP contribution in [-0.2, 0) is 9.59 Å². The number of nitrogens with zero attached hydrogens (tertiary/aromatic N) is 2. The van der Waals surface area contributed by atoms with E-state index < -0.39 is 17.7 Å². The van der Waals surface area contributed by atoms with Crippen LogP contribution >= 0.6 is 0 Å². The van der Waals surface area contributed by atoms with Gasteiger partial charge in [0, 0.05) is 18.7 Å². The third kappa shape index (κ3) is 6.26. The van der Waals surface area contributed by atoms with Crippen LogP contribution < -0.4 is 9.47 Å². The average Bonchev–Trinajstić information content (AvgIpc) is 3.16. The van der Waals surface area contributed by atoms with Gasteiger partial charge in [0.05, 0.1) is 24.8 Å². The Hall–Kier alpha value is -3.32. The Bertz CT molecular complexity index is 1040. The molecule has 0 radical (unpaired) electrons. The maximum atomic E-state index is 13.2. The normalized spacial score (nSPS) is 17.1. The number of ether oxygens (including phenoxy) is 2. The molecule has 194 valence electrons. The van der Waals surface area contributed by atoms with Crippen LogP contribution in [0.3, 0.4) is 0 Å². The van der Waals surface area contributed by atoms with Gasteiger partial charge < -0.3 is 24.4 Å². The molecule has 2 aromatic carbocycles. The number of rotatable bonds is 13. The molecule has 2 aromatic rings. The number of carbonyl (C=O) groups excluding carboxylic acids is 2. The van der Waals surface area contributed by atoms with Gasteiger partial charge in [-0.25, -0.2) is 0 Å². The fourth-order valence-electron chi connectivity index (χ4n) is 4.30. The van der Waals surface area contributed by atoms with E-state index in [0.717, 1.165) is 37.2 Å². The van der Waals surface area contributed by atoms with Crippen molar-refractivity contribution in [2.75, 3.05) is 39.4 Å². The minimum atomic E-state index is -0.684. The molecule has 1 atom stereocenters. The largest absolute Gasteiger partial charge is 0.507 e. The van der Waals surface area contributed by atoms with Crippen molar-refractivity contribution in [1.82, 2.24) is 9.80 Å². The van der Waals surface area contributed by atoms with E-state index in [0.29, 0.717) is 37.6 Å². The number of likely N-dealkylation sites (tertiary alicyclic amines) is 1. The van der Waals surface area contributed by atoms with E-state index in [4.69, 9.17) is 9.47 Å². The molecule has 3 rings (SSSR count). The van der Waals surface area contributed by atoms with E-state index in [2.05, 4.69) is 18.7 Å². The van der Waals surface area contributed by atoms with Crippen molar-refractivity contribution in [3.63, 3.8) is 0 Å². The van der Waals surface area contributed by atoms with Crippen LogP contribution in [0.4, 0.5) is 0 Å². The predicted molar refractivity (Wildman–Crippen MR) is 141 cm³/mol. The maximum Gasteiger partial charge on any atom is 0.295 e. The summed E-state index contributed by atoms with van der Waals surface area (Å²) in [7, 11) is 0. The van der Waals surface area contributed by atoms with Crippen molar-refractivity contribution in [2.45, 2.75) is 46.6 Å². The number of carbonyl (C=O) groups is 2. The molecule has 0 saturated carbocycles. The second-order valence-corrected chi connectivity index (χ2v) is 8.81. The molecule has 1 fully saturated rings. The van der Waals surface area contributed by atoms with E-state index in [1.54, 1.807) is 29.2 Å². The lowest BCUT2D eigenvalue weighted by Gasteiger charge is -2.28. The van der Waals surface area contributed by atoms with Crippen LogP contribution in [0.1, 0.15) is 57.7 Å². The molecule has 1 saturated heterocycles. The van der Waals surface area contributed by atoms with E-state index in [1.807, 2.05) is 38.1 Å². The third-order valence-corrected chi connectivity index (χ3v) is 6.36. The van der Waals surface area contributed by atoms with Crippen LogP contribution in [0.2, 0.25) is 0 Å². The van der Waals surface area contributed by atoms with Gasteiger partial charge in [-0.05, 0) is 67.9 Å². The fourth-order valence-corrected chi connectivity index (χ4v) is 4.30. The molecule has 0 aromatic heterocycles. The first-order valence-corrected chi connectivity index (χ1v) is 12.9. The van der Waals surface area contributed by atoms with Crippen molar-refractivity contribution in [1.29, 1.82) is 0 Å². The smallest absolute Gasteiger partial charge is 0.295 e. The lowest BCUT2D eigenvalue weighted by atomic mass is 9.95. The highest BCUT2D eigenvalue weighted by Gasteiger charge is 2.46. The third-order valence-electron chi connectivity index (χ3n) is 6.36. The van der Waals surface area contributed by atoms with E-state index in [1.165, 1.54) is 0 Å². The van der Waals surface area contributed by atoms with Gasteiger partial charge in [-0.15, -0.1) is 0 Å². The fraction of sp³-hybridized carbons (Fsp3) is 0.448. The van der Waals surface area contributed by atoms with E-state index in [-0.39, 0.29) is 11.3 Å². The first-order chi connectivity index (χ1) is 17.4. The number of amides is 1. The molecule has 0 bridgehead atoms. The predicted octanol–water partition coefficient (Wildman–Crippen LogP) is 5.03. The number of benzene rings is 2. The van der Waals surface area contributed by atoms with Crippen LogP contribution in [-0.4, -0.2) is 66.0 Å². The minimum absolute atomic E-state index is 0.101. The Morgan fingerprint density at radius 1 is 0.861 bits per heavy atom. The summed E-state index contributed by atoms with van der Waals surface area (Å²) in [6.45, 7) is 12.1. The zero-order chi connectivity index (χ0) is 26.1. The number of hydrogen-bond acceptors (Lipinski definition) is 6. The molecular weight excluding hydrogens is 456 g/mol. The van der Waals surface area contributed by atoms with Crippen LogP contribution in [0, 0.1) is 0 Å². The first kappa shape index (κ1) is 27.3.